The molecule has 1 aromatic rings. The molecule has 2 rings (SSSR count). The Hall–Kier alpha value is -2.09. The molecule has 0 aromatic heterocycles. The topological polar surface area (TPSA) is 66.7 Å². The van der Waals surface area contributed by atoms with Gasteiger partial charge in [-0.1, -0.05) is 0 Å². The van der Waals surface area contributed by atoms with Crippen LogP contribution in [0.5, 0.6) is 0 Å². The highest BCUT2D eigenvalue weighted by atomic mass is 19.2. The first-order valence-corrected chi connectivity index (χ1v) is 6.44. The van der Waals surface area contributed by atoms with Crippen molar-refractivity contribution in [1.82, 2.24) is 9.80 Å². The first-order chi connectivity index (χ1) is 9.81. The number of nitro groups is 1. The lowest BCUT2D eigenvalue weighted by molar-refractivity contribution is -0.385. The summed E-state index contributed by atoms with van der Waals surface area (Å²) in [5.41, 5.74) is -1.14. The summed E-state index contributed by atoms with van der Waals surface area (Å²) in [7, 11) is 1.90. The van der Waals surface area contributed by atoms with Crippen molar-refractivity contribution >= 4 is 11.6 Å². The summed E-state index contributed by atoms with van der Waals surface area (Å²) in [4.78, 5) is 26.0. The molecule has 0 bridgehead atoms. The lowest BCUT2D eigenvalue weighted by Crippen LogP contribution is -2.52. The van der Waals surface area contributed by atoms with Gasteiger partial charge in [-0.2, -0.15) is 0 Å². The van der Waals surface area contributed by atoms with Crippen LogP contribution < -0.4 is 0 Å². The van der Waals surface area contributed by atoms with E-state index in [1.165, 1.54) is 4.90 Å². The number of nitrogens with zero attached hydrogens (tertiary/aromatic N) is 3. The number of piperazine rings is 1. The Morgan fingerprint density at radius 2 is 1.95 bits per heavy atom. The molecule has 0 aliphatic carbocycles. The number of benzene rings is 1. The second-order valence-corrected chi connectivity index (χ2v) is 5.15. The Kier molecular flexibility index (Phi) is 4.17. The van der Waals surface area contributed by atoms with Gasteiger partial charge >= 0.3 is 0 Å². The Balaban J connectivity index is 2.39. The molecule has 1 heterocycles. The number of hydrogen-bond donors (Lipinski definition) is 0. The lowest BCUT2D eigenvalue weighted by atomic mass is 10.1. The molecular formula is C13H15F2N3O3. The molecule has 1 aliphatic heterocycles. The molecule has 0 N–H and O–H groups in total. The minimum Gasteiger partial charge on any atom is -0.333 e. The van der Waals surface area contributed by atoms with Crippen molar-refractivity contribution in [2.24, 2.45) is 0 Å². The summed E-state index contributed by atoms with van der Waals surface area (Å²) >= 11 is 0. The number of carbonyl (C=O) groups excluding carboxylic acids is 1. The minimum atomic E-state index is -1.34. The van der Waals surface area contributed by atoms with Gasteiger partial charge in [0.05, 0.1) is 11.0 Å². The normalized spacial score (nSPS) is 19.6. The number of halogens is 2. The molecule has 1 fully saturated rings. The van der Waals surface area contributed by atoms with Gasteiger partial charge in [-0.3, -0.25) is 14.9 Å². The second kappa shape index (κ2) is 5.72. The number of carbonyl (C=O) groups is 1. The van der Waals surface area contributed by atoms with Gasteiger partial charge < -0.3 is 9.80 Å². The summed E-state index contributed by atoms with van der Waals surface area (Å²) in [6.45, 7) is 3.42. The zero-order valence-corrected chi connectivity index (χ0v) is 11.7. The van der Waals surface area contributed by atoms with Gasteiger partial charge in [0.1, 0.15) is 5.56 Å². The number of nitro benzene ring substituents is 1. The largest absolute Gasteiger partial charge is 0.333 e. The van der Waals surface area contributed by atoms with Gasteiger partial charge in [0.15, 0.2) is 11.6 Å². The zero-order chi connectivity index (χ0) is 15.7. The van der Waals surface area contributed by atoms with E-state index in [1.807, 2.05) is 11.9 Å². The van der Waals surface area contributed by atoms with Gasteiger partial charge in [0.2, 0.25) is 0 Å². The standard InChI is InChI=1S/C13H15F2N3O3/c1-8-7-16(2)3-4-17(8)13(19)9-5-10(14)11(15)6-12(9)18(20)21/h5-6,8H,3-4,7H2,1-2H3. The van der Waals surface area contributed by atoms with Crippen molar-refractivity contribution in [1.29, 1.82) is 0 Å². The molecule has 8 heteroatoms. The fraction of sp³-hybridized carbons (Fsp3) is 0.462. The molecule has 0 spiro atoms. The van der Waals surface area contributed by atoms with Crippen molar-refractivity contribution in [3.8, 4) is 0 Å². The highest BCUT2D eigenvalue weighted by Gasteiger charge is 2.32. The summed E-state index contributed by atoms with van der Waals surface area (Å²) < 4.78 is 26.5. The van der Waals surface area contributed by atoms with Crippen LogP contribution in [0.3, 0.4) is 0 Å². The quantitative estimate of drug-likeness (QED) is 0.615. The molecule has 1 amide bonds. The van der Waals surface area contributed by atoms with Gasteiger partial charge in [-0.05, 0) is 20.0 Å². The van der Waals surface area contributed by atoms with Crippen molar-refractivity contribution < 1.29 is 18.5 Å². The molecule has 0 radical (unpaired) electrons. The van der Waals surface area contributed by atoms with Gasteiger partial charge in [0, 0.05) is 25.7 Å². The zero-order valence-electron chi connectivity index (χ0n) is 11.7. The van der Waals surface area contributed by atoms with Gasteiger partial charge in [0.25, 0.3) is 11.6 Å². The van der Waals surface area contributed by atoms with Gasteiger partial charge in [-0.25, -0.2) is 8.78 Å². The SMILES string of the molecule is CC1CN(C)CCN1C(=O)c1cc(F)c(F)cc1[N+](=O)[O-]. The van der Waals surface area contributed by atoms with Crippen LogP contribution in [0.25, 0.3) is 0 Å². The Morgan fingerprint density at radius 3 is 2.52 bits per heavy atom. The molecule has 1 unspecified atom stereocenters. The maximum atomic E-state index is 13.3. The van der Waals surface area contributed by atoms with Crippen molar-refractivity contribution in [3.63, 3.8) is 0 Å². The maximum absolute atomic E-state index is 13.3. The first kappa shape index (κ1) is 15.3. The molecule has 6 nitrogen and oxygen atoms in total. The number of rotatable bonds is 2. The van der Waals surface area contributed by atoms with E-state index in [1.54, 1.807) is 6.92 Å². The number of amides is 1. The van der Waals surface area contributed by atoms with E-state index in [0.717, 1.165) is 0 Å². The molecule has 21 heavy (non-hydrogen) atoms. The predicted molar refractivity (Wildman–Crippen MR) is 71.0 cm³/mol. The fourth-order valence-electron chi connectivity index (χ4n) is 2.45. The summed E-state index contributed by atoms with van der Waals surface area (Å²) in [6.07, 6.45) is 0. The predicted octanol–water partition coefficient (Wildman–Crippen LogP) is 1.65. The van der Waals surface area contributed by atoms with Crippen LogP contribution in [-0.4, -0.2) is 53.4 Å². The van der Waals surface area contributed by atoms with Crippen LogP contribution in [0.15, 0.2) is 12.1 Å². The average Bonchev–Trinajstić information content (AvgIpc) is 2.40. The summed E-state index contributed by atoms with van der Waals surface area (Å²) in [6, 6.07) is 0.883. The molecular weight excluding hydrogens is 284 g/mol. The maximum Gasteiger partial charge on any atom is 0.285 e. The van der Waals surface area contributed by atoms with Crippen LogP contribution in [0.2, 0.25) is 0 Å². The van der Waals surface area contributed by atoms with E-state index < -0.39 is 33.7 Å². The Labute approximate surface area is 120 Å². The first-order valence-electron chi connectivity index (χ1n) is 6.44. The van der Waals surface area contributed by atoms with Crippen LogP contribution in [0, 0.1) is 21.7 Å². The molecule has 1 saturated heterocycles. The Morgan fingerprint density at radius 1 is 1.33 bits per heavy atom. The lowest BCUT2D eigenvalue weighted by Gasteiger charge is -2.38. The van der Waals surface area contributed by atoms with Crippen molar-refractivity contribution in [2.45, 2.75) is 13.0 Å². The minimum absolute atomic E-state index is 0.163. The third kappa shape index (κ3) is 2.99. The fourth-order valence-corrected chi connectivity index (χ4v) is 2.45. The van der Waals surface area contributed by atoms with E-state index in [2.05, 4.69) is 0 Å². The van der Waals surface area contributed by atoms with E-state index in [4.69, 9.17) is 0 Å². The molecule has 114 valence electrons. The monoisotopic (exact) mass is 299 g/mol. The van der Waals surface area contributed by atoms with Crippen LogP contribution in [0.4, 0.5) is 14.5 Å². The highest BCUT2D eigenvalue weighted by molar-refractivity contribution is 5.98. The highest BCUT2D eigenvalue weighted by Crippen LogP contribution is 2.25. The number of hydrogen-bond acceptors (Lipinski definition) is 4. The van der Waals surface area contributed by atoms with Crippen molar-refractivity contribution in [2.75, 3.05) is 26.7 Å². The summed E-state index contributed by atoms with van der Waals surface area (Å²) in [5, 5.41) is 10.9. The van der Waals surface area contributed by atoms with E-state index in [0.29, 0.717) is 31.8 Å². The number of likely N-dealkylation sites (N-methyl/N-ethyl adjacent to an activating group) is 1. The second-order valence-electron chi connectivity index (χ2n) is 5.15. The van der Waals surface area contributed by atoms with E-state index in [-0.39, 0.29) is 6.04 Å². The van der Waals surface area contributed by atoms with Crippen LogP contribution in [-0.2, 0) is 0 Å². The van der Waals surface area contributed by atoms with Crippen LogP contribution in [0.1, 0.15) is 17.3 Å². The van der Waals surface area contributed by atoms with Gasteiger partial charge in [-0.15, -0.1) is 0 Å². The molecule has 1 atom stereocenters. The smallest absolute Gasteiger partial charge is 0.285 e. The summed E-state index contributed by atoms with van der Waals surface area (Å²) in [5.74, 6) is -3.27. The van der Waals surface area contributed by atoms with E-state index in [9.17, 15) is 23.7 Å². The molecule has 0 saturated carbocycles. The Bertz CT molecular complexity index is 594. The molecule has 1 aliphatic rings. The third-order valence-corrected chi connectivity index (χ3v) is 3.56. The third-order valence-electron chi connectivity index (χ3n) is 3.56. The molecule has 1 aromatic carbocycles. The van der Waals surface area contributed by atoms with E-state index >= 15 is 0 Å². The van der Waals surface area contributed by atoms with Crippen molar-refractivity contribution in [3.05, 3.63) is 39.4 Å². The average molecular weight is 299 g/mol. The van der Waals surface area contributed by atoms with Crippen LogP contribution >= 0.6 is 0 Å².